The number of amides is 2. The number of carbonyl (C=O) groups is 2. The van der Waals surface area contributed by atoms with Crippen molar-refractivity contribution < 1.29 is 14.3 Å². The van der Waals surface area contributed by atoms with Gasteiger partial charge in [-0.2, -0.15) is 0 Å². The first-order valence-electron chi connectivity index (χ1n) is 10.8. The van der Waals surface area contributed by atoms with Crippen LogP contribution < -0.4 is 20.7 Å². The highest BCUT2D eigenvalue weighted by Crippen LogP contribution is 2.18. The van der Waals surface area contributed by atoms with Crippen LogP contribution in [0.1, 0.15) is 25.3 Å². The molecule has 0 bridgehead atoms. The lowest BCUT2D eigenvalue weighted by Crippen LogP contribution is -2.21. The number of benzene rings is 3. The molecule has 0 heterocycles. The van der Waals surface area contributed by atoms with Crippen molar-refractivity contribution in [2.24, 2.45) is 0 Å². The second kappa shape index (κ2) is 12.2. The minimum Gasteiger partial charge on any atom is -0.494 e. The second-order valence-electron chi connectivity index (χ2n) is 7.35. The SMILES string of the molecule is CCC(=O)Nc1cccc(NCC(=O)Nc2cccc(OCCCc3ccccc3)c2)c1. The molecule has 0 aliphatic carbocycles. The number of aryl methyl sites for hydroxylation is 1. The van der Waals surface area contributed by atoms with Crippen LogP contribution in [-0.4, -0.2) is 25.0 Å². The molecule has 2 amide bonds. The number of nitrogens with one attached hydrogen (secondary N) is 3. The summed E-state index contributed by atoms with van der Waals surface area (Å²) in [4.78, 5) is 23.9. The zero-order chi connectivity index (χ0) is 22.6. The van der Waals surface area contributed by atoms with Gasteiger partial charge in [-0.1, -0.05) is 49.4 Å². The average Bonchev–Trinajstić information content (AvgIpc) is 2.82. The van der Waals surface area contributed by atoms with Gasteiger partial charge in [0.05, 0.1) is 13.2 Å². The zero-order valence-corrected chi connectivity index (χ0v) is 18.3. The van der Waals surface area contributed by atoms with E-state index in [-0.39, 0.29) is 18.4 Å². The highest BCUT2D eigenvalue weighted by atomic mass is 16.5. The van der Waals surface area contributed by atoms with E-state index in [2.05, 4.69) is 28.1 Å². The maximum Gasteiger partial charge on any atom is 0.243 e. The van der Waals surface area contributed by atoms with Crippen LogP contribution in [0.3, 0.4) is 0 Å². The summed E-state index contributed by atoms with van der Waals surface area (Å²) in [5.74, 6) is 0.500. The molecule has 0 saturated carbocycles. The van der Waals surface area contributed by atoms with E-state index < -0.39 is 0 Å². The predicted molar refractivity (Wildman–Crippen MR) is 129 cm³/mol. The fourth-order valence-corrected chi connectivity index (χ4v) is 3.12. The summed E-state index contributed by atoms with van der Waals surface area (Å²) in [6, 6.07) is 25.0. The van der Waals surface area contributed by atoms with Gasteiger partial charge in [-0.05, 0) is 48.7 Å². The Kier molecular flexibility index (Phi) is 8.69. The average molecular weight is 432 g/mol. The Morgan fingerprint density at radius 1 is 0.781 bits per heavy atom. The van der Waals surface area contributed by atoms with Gasteiger partial charge in [-0.25, -0.2) is 0 Å². The van der Waals surface area contributed by atoms with Crippen LogP contribution in [0, 0.1) is 0 Å². The molecule has 32 heavy (non-hydrogen) atoms. The third kappa shape index (κ3) is 7.80. The summed E-state index contributed by atoms with van der Waals surface area (Å²) in [5, 5.41) is 8.75. The Balaban J connectivity index is 1.43. The van der Waals surface area contributed by atoms with Gasteiger partial charge in [0.1, 0.15) is 5.75 Å². The Bertz CT molecular complexity index is 1020. The second-order valence-corrected chi connectivity index (χ2v) is 7.35. The maximum atomic E-state index is 12.3. The zero-order valence-electron chi connectivity index (χ0n) is 18.3. The van der Waals surface area contributed by atoms with Gasteiger partial charge in [0.2, 0.25) is 11.8 Å². The maximum absolute atomic E-state index is 12.3. The van der Waals surface area contributed by atoms with Gasteiger partial charge in [0.25, 0.3) is 0 Å². The highest BCUT2D eigenvalue weighted by Gasteiger charge is 2.05. The highest BCUT2D eigenvalue weighted by molar-refractivity contribution is 5.94. The van der Waals surface area contributed by atoms with Gasteiger partial charge in [0.15, 0.2) is 0 Å². The van der Waals surface area contributed by atoms with Gasteiger partial charge >= 0.3 is 0 Å². The minimum absolute atomic E-state index is 0.0536. The topological polar surface area (TPSA) is 79.5 Å². The number of hydrogen-bond donors (Lipinski definition) is 3. The van der Waals surface area contributed by atoms with Crippen LogP contribution in [0.2, 0.25) is 0 Å². The largest absolute Gasteiger partial charge is 0.494 e. The van der Waals surface area contributed by atoms with Gasteiger partial charge in [-0.3, -0.25) is 9.59 Å². The fraction of sp³-hybridized carbons (Fsp3) is 0.231. The van der Waals surface area contributed by atoms with Crippen molar-refractivity contribution in [3.63, 3.8) is 0 Å². The third-order valence-corrected chi connectivity index (χ3v) is 4.76. The summed E-state index contributed by atoms with van der Waals surface area (Å²) >= 11 is 0. The number of hydrogen-bond acceptors (Lipinski definition) is 4. The van der Waals surface area contributed by atoms with E-state index in [4.69, 9.17) is 4.74 Å². The van der Waals surface area contributed by atoms with E-state index in [0.29, 0.717) is 24.4 Å². The summed E-state index contributed by atoms with van der Waals surface area (Å²) in [6.45, 7) is 2.51. The molecule has 0 fully saturated rings. The normalized spacial score (nSPS) is 10.3. The fourth-order valence-electron chi connectivity index (χ4n) is 3.12. The van der Waals surface area contributed by atoms with Crippen molar-refractivity contribution in [3.8, 4) is 5.75 Å². The molecular weight excluding hydrogens is 402 g/mol. The molecule has 6 heteroatoms. The van der Waals surface area contributed by atoms with Crippen molar-refractivity contribution in [1.82, 2.24) is 0 Å². The lowest BCUT2D eigenvalue weighted by Gasteiger charge is -2.11. The number of rotatable bonds is 11. The van der Waals surface area contributed by atoms with E-state index >= 15 is 0 Å². The van der Waals surface area contributed by atoms with Crippen LogP contribution in [0.5, 0.6) is 5.75 Å². The molecule has 0 aromatic heterocycles. The third-order valence-electron chi connectivity index (χ3n) is 4.76. The number of ether oxygens (including phenoxy) is 1. The number of carbonyl (C=O) groups excluding carboxylic acids is 2. The molecule has 0 spiro atoms. The quantitative estimate of drug-likeness (QED) is 0.369. The first kappa shape index (κ1) is 22.9. The lowest BCUT2D eigenvalue weighted by molar-refractivity contribution is -0.116. The van der Waals surface area contributed by atoms with Crippen LogP contribution in [0.25, 0.3) is 0 Å². The molecule has 0 atom stereocenters. The summed E-state index contributed by atoms with van der Waals surface area (Å²) in [6.07, 6.45) is 2.30. The van der Waals surface area contributed by atoms with Crippen molar-refractivity contribution >= 4 is 28.9 Å². The molecule has 0 aliphatic rings. The molecule has 0 saturated heterocycles. The van der Waals surface area contributed by atoms with Crippen LogP contribution in [0.15, 0.2) is 78.9 Å². The van der Waals surface area contributed by atoms with E-state index in [1.54, 1.807) is 13.0 Å². The summed E-state index contributed by atoms with van der Waals surface area (Å²) in [5.41, 5.74) is 3.42. The van der Waals surface area contributed by atoms with Gasteiger partial charge in [0, 0.05) is 29.5 Å². The van der Waals surface area contributed by atoms with Crippen molar-refractivity contribution in [3.05, 3.63) is 84.4 Å². The van der Waals surface area contributed by atoms with E-state index in [0.717, 1.165) is 24.3 Å². The molecule has 166 valence electrons. The van der Waals surface area contributed by atoms with E-state index in [9.17, 15) is 9.59 Å². The van der Waals surface area contributed by atoms with Crippen molar-refractivity contribution in [1.29, 1.82) is 0 Å². The Morgan fingerprint density at radius 3 is 2.25 bits per heavy atom. The van der Waals surface area contributed by atoms with Gasteiger partial charge < -0.3 is 20.7 Å². The molecule has 3 N–H and O–H groups in total. The van der Waals surface area contributed by atoms with Crippen molar-refractivity contribution in [2.75, 3.05) is 29.1 Å². The molecule has 0 aliphatic heterocycles. The molecule has 6 nitrogen and oxygen atoms in total. The van der Waals surface area contributed by atoms with Gasteiger partial charge in [-0.15, -0.1) is 0 Å². The van der Waals surface area contributed by atoms with Crippen LogP contribution >= 0.6 is 0 Å². The molecule has 0 unspecified atom stereocenters. The first-order valence-corrected chi connectivity index (χ1v) is 10.8. The van der Waals surface area contributed by atoms with E-state index in [1.165, 1.54) is 5.56 Å². The standard InChI is InChI=1S/C26H29N3O3/c1-2-25(30)28-22-13-6-12-21(17-22)27-19-26(31)29-23-14-7-15-24(18-23)32-16-8-11-20-9-4-3-5-10-20/h3-7,9-10,12-15,17-18,27H,2,8,11,16,19H2,1H3,(H,28,30)(H,29,31). The lowest BCUT2D eigenvalue weighted by atomic mass is 10.1. The monoisotopic (exact) mass is 431 g/mol. The first-order chi connectivity index (χ1) is 15.6. The molecule has 0 radical (unpaired) electrons. The summed E-state index contributed by atoms with van der Waals surface area (Å²) in [7, 11) is 0. The molecule has 3 rings (SSSR count). The molecular formula is C26H29N3O3. The summed E-state index contributed by atoms with van der Waals surface area (Å²) < 4.78 is 5.83. The smallest absolute Gasteiger partial charge is 0.243 e. The Labute approximate surface area is 189 Å². The van der Waals surface area contributed by atoms with E-state index in [1.807, 2.05) is 60.7 Å². The Hall–Kier alpha value is -3.80. The Morgan fingerprint density at radius 2 is 1.47 bits per heavy atom. The van der Waals surface area contributed by atoms with Crippen LogP contribution in [0.4, 0.5) is 17.1 Å². The molecule has 3 aromatic carbocycles. The molecule has 3 aromatic rings. The number of anilines is 3. The van der Waals surface area contributed by atoms with Crippen LogP contribution in [-0.2, 0) is 16.0 Å². The van der Waals surface area contributed by atoms with Crippen molar-refractivity contribution in [2.45, 2.75) is 26.2 Å². The predicted octanol–water partition coefficient (Wildman–Crippen LogP) is 5.10. The minimum atomic E-state index is -0.172.